The first-order valence-electron chi connectivity index (χ1n) is 9.96. The molecule has 0 aliphatic carbocycles. The van der Waals surface area contributed by atoms with E-state index in [1.54, 1.807) is 18.3 Å². The van der Waals surface area contributed by atoms with Gasteiger partial charge in [0.1, 0.15) is 0 Å². The third kappa shape index (κ3) is 7.18. The molecule has 1 aliphatic rings. The number of carbonyl (C=O) groups is 1. The maximum Gasteiger partial charge on any atom is 0.324 e. The fourth-order valence-corrected chi connectivity index (χ4v) is 4.05. The van der Waals surface area contributed by atoms with Crippen LogP contribution in [0.4, 0.5) is 22.1 Å². The summed E-state index contributed by atoms with van der Waals surface area (Å²) in [6, 6.07) is 4.91. The third-order valence-corrected chi connectivity index (χ3v) is 5.79. The maximum atomic E-state index is 11.6. The summed E-state index contributed by atoms with van der Waals surface area (Å²) >= 11 is 1.63. The minimum absolute atomic E-state index is 0.143. The van der Waals surface area contributed by atoms with E-state index in [1.165, 1.54) is 32.4 Å². The first kappa shape index (κ1) is 25.6. The number of phenolic OH excluding ortho intramolecular Hbond substituents is 1. The quantitative estimate of drug-likeness (QED) is 0.457. The molecule has 1 saturated heterocycles. The van der Waals surface area contributed by atoms with Gasteiger partial charge in [-0.3, -0.25) is 35.1 Å². The van der Waals surface area contributed by atoms with Crippen molar-refractivity contribution in [2.24, 2.45) is 0 Å². The van der Waals surface area contributed by atoms with Crippen molar-refractivity contribution >= 4 is 39.3 Å². The number of amides is 1. The zero-order chi connectivity index (χ0) is 24.5. The number of hydrogen-bond donors (Lipinski definition) is 1. The summed E-state index contributed by atoms with van der Waals surface area (Å²) < 4.78 is 0. The monoisotopic (exact) mass is 481 g/mol. The molecule has 0 unspecified atom stereocenters. The van der Waals surface area contributed by atoms with Crippen molar-refractivity contribution in [2.75, 3.05) is 31.1 Å². The molecule has 178 valence electrons. The number of nitrogens with zero attached hydrogens (tertiary/aromatic N) is 5. The molecule has 3 rings (SSSR count). The van der Waals surface area contributed by atoms with Crippen molar-refractivity contribution in [3.63, 3.8) is 0 Å². The van der Waals surface area contributed by atoms with Crippen molar-refractivity contribution < 1.29 is 24.7 Å². The van der Waals surface area contributed by atoms with E-state index in [0.717, 1.165) is 18.1 Å². The Morgan fingerprint density at radius 2 is 1.64 bits per heavy atom. The predicted octanol–water partition coefficient (Wildman–Crippen LogP) is 3.70. The molecular formula is C19H23N5O8S. The molecule has 0 atom stereocenters. The molecule has 1 N–H and O–H groups in total. The number of aromatic hydroxyl groups is 1. The number of non-ortho nitro benzene ring substituents is 1. The lowest BCUT2D eigenvalue weighted by Crippen LogP contribution is -2.39. The Bertz CT molecular complexity index is 973. The van der Waals surface area contributed by atoms with Crippen LogP contribution in [0.3, 0.4) is 0 Å². The average Bonchev–Trinajstić information content (AvgIpc) is 3.29. The summed E-state index contributed by atoms with van der Waals surface area (Å²) in [5.41, 5.74) is -3.00. The van der Waals surface area contributed by atoms with E-state index in [-0.39, 0.29) is 5.91 Å². The van der Waals surface area contributed by atoms with Crippen LogP contribution in [-0.4, -0.2) is 56.9 Å². The van der Waals surface area contributed by atoms with Gasteiger partial charge in [-0.05, 0) is 43.4 Å². The number of benzene rings is 1. The molecule has 1 aromatic carbocycles. The number of hydrogen-bond acceptors (Lipinski definition) is 10. The van der Waals surface area contributed by atoms with Crippen molar-refractivity contribution in [3.8, 4) is 5.75 Å². The standard InChI is InChI=1S/C13H20N2OS.C6H3N3O7/c1-12(16)15(13-6-5-11-17-13)10-9-14-7-3-2-4-8-14;10-6-4(8(13)14)1-3(7(11)12)2-5(6)9(15)16/h5-6,11H,2-4,7-10H2,1H3;1-2,10H. The molecule has 0 bridgehead atoms. The average molecular weight is 481 g/mol. The predicted molar refractivity (Wildman–Crippen MR) is 121 cm³/mol. The second-order valence-corrected chi connectivity index (χ2v) is 8.05. The number of nitro groups is 3. The highest BCUT2D eigenvalue weighted by Crippen LogP contribution is 2.38. The van der Waals surface area contributed by atoms with Crippen LogP contribution in [0.5, 0.6) is 5.75 Å². The van der Waals surface area contributed by atoms with Crippen LogP contribution in [0.1, 0.15) is 26.2 Å². The second kappa shape index (κ2) is 11.8. The lowest BCUT2D eigenvalue weighted by molar-refractivity contribution is -0.404. The van der Waals surface area contributed by atoms with E-state index in [9.17, 15) is 35.1 Å². The highest BCUT2D eigenvalue weighted by Gasteiger charge is 2.30. The molecule has 0 spiro atoms. The highest BCUT2D eigenvalue weighted by molar-refractivity contribution is 7.14. The summed E-state index contributed by atoms with van der Waals surface area (Å²) in [5.74, 6) is -1.06. The molecule has 14 heteroatoms. The fraction of sp³-hybridized carbons (Fsp3) is 0.421. The Balaban J connectivity index is 0.000000234. The molecule has 1 aromatic heterocycles. The van der Waals surface area contributed by atoms with Gasteiger partial charge >= 0.3 is 11.4 Å². The maximum absolute atomic E-state index is 11.6. The van der Waals surface area contributed by atoms with Crippen LogP contribution in [0, 0.1) is 30.3 Å². The molecule has 1 fully saturated rings. The number of likely N-dealkylation sites (tertiary alicyclic amines) is 1. The lowest BCUT2D eigenvalue weighted by Gasteiger charge is -2.29. The second-order valence-electron chi connectivity index (χ2n) is 7.13. The van der Waals surface area contributed by atoms with E-state index < -0.39 is 37.6 Å². The Morgan fingerprint density at radius 3 is 2.06 bits per heavy atom. The normalized spacial score (nSPS) is 13.5. The molecule has 2 aromatic rings. The van der Waals surface area contributed by atoms with Gasteiger partial charge in [0, 0.05) is 20.0 Å². The van der Waals surface area contributed by atoms with Gasteiger partial charge in [-0.15, -0.1) is 11.3 Å². The zero-order valence-electron chi connectivity index (χ0n) is 17.8. The van der Waals surface area contributed by atoms with Crippen LogP contribution in [0.2, 0.25) is 0 Å². The topological polar surface area (TPSA) is 173 Å². The Hall–Kier alpha value is -3.65. The van der Waals surface area contributed by atoms with E-state index in [2.05, 4.69) is 4.90 Å². The van der Waals surface area contributed by atoms with Crippen molar-refractivity contribution in [1.82, 2.24) is 4.90 Å². The fourth-order valence-electron chi connectivity index (χ4n) is 3.24. The summed E-state index contributed by atoms with van der Waals surface area (Å²) in [5, 5.41) is 43.3. The lowest BCUT2D eigenvalue weighted by atomic mass is 10.1. The molecule has 33 heavy (non-hydrogen) atoms. The number of piperidine rings is 1. The first-order chi connectivity index (χ1) is 15.6. The van der Waals surface area contributed by atoms with E-state index in [0.29, 0.717) is 12.1 Å². The number of carbonyl (C=O) groups excluding carboxylic acids is 1. The van der Waals surface area contributed by atoms with E-state index in [1.807, 2.05) is 22.4 Å². The molecule has 1 aliphatic heterocycles. The minimum Gasteiger partial charge on any atom is -0.497 e. The van der Waals surface area contributed by atoms with Crippen molar-refractivity contribution in [1.29, 1.82) is 0 Å². The van der Waals surface area contributed by atoms with Crippen LogP contribution < -0.4 is 4.90 Å². The van der Waals surface area contributed by atoms with Gasteiger partial charge < -0.3 is 14.9 Å². The van der Waals surface area contributed by atoms with Gasteiger partial charge in [0.2, 0.25) is 5.91 Å². The smallest absolute Gasteiger partial charge is 0.324 e. The SMILES string of the molecule is CC(=O)N(CCN1CCCCC1)c1cccs1.O=[N+]([O-])c1cc([N+](=O)[O-])c(O)c([N+](=O)[O-])c1. The van der Waals surface area contributed by atoms with Gasteiger partial charge in [0.05, 0.1) is 31.9 Å². The number of rotatable bonds is 7. The summed E-state index contributed by atoms with van der Waals surface area (Å²) in [6.07, 6.45) is 3.97. The Morgan fingerprint density at radius 1 is 1.06 bits per heavy atom. The van der Waals surface area contributed by atoms with Gasteiger partial charge in [-0.2, -0.15) is 0 Å². The Kier molecular flexibility index (Phi) is 9.18. The molecular weight excluding hydrogens is 458 g/mol. The third-order valence-electron chi connectivity index (χ3n) is 4.90. The van der Waals surface area contributed by atoms with Gasteiger partial charge in [0.25, 0.3) is 11.4 Å². The van der Waals surface area contributed by atoms with Crippen molar-refractivity contribution in [2.45, 2.75) is 26.2 Å². The Labute approximate surface area is 192 Å². The summed E-state index contributed by atoms with van der Waals surface area (Å²) in [4.78, 5) is 43.8. The summed E-state index contributed by atoms with van der Waals surface area (Å²) in [7, 11) is 0. The number of nitro benzene ring substituents is 3. The van der Waals surface area contributed by atoms with Crippen molar-refractivity contribution in [3.05, 3.63) is 60.0 Å². The first-order valence-corrected chi connectivity index (χ1v) is 10.8. The summed E-state index contributed by atoms with van der Waals surface area (Å²) in [6.45, 7) is 5.84. The van der Waals surface area contributed by atoms with E-state index in [4.69, 9.17) is 5.11 Å². The van der Waals surface area contributed by atoms with E-state index >= 15 is 0 Å². The minimum atomic E-state index is -1.21. The molecule has 0 radical (unpaired) electrons. The number of anilines is 1. The van der Waals surface area contributed by atoms with Crippen LogP contribution in [0.15, 0.2) is 29.6 Å². The van der Waals surface area contributed by atoms with Crippen LogP contribution >= 0.6 is 11.3 Å². The van der Waals surface area contributed by atoms with Gasteiger partial charge in [0.15, 0.2) is 0 Å². The van der Waals surface area contributed by atoms with Gasteiger partial charge in [-0.25, -0.2) is 0 Å². The molecule has 2 heterocycles. The zero-order valence-corrected chi connectivity index (χ0v) is 18.6. The molecule has 1 amide bonds. The van der Waals surface area contributed by atoms with Crippen LogP contribution in [0.25, 0.3) is 0 Å². The van der Waals surface area contributed by atoms with Gasteiger partial charge in [-0.1, -0.05) is 6.42 Å². The number of thiophene rings is 1. The van der Waals surface area contributed by atoms with Crippen LogP contribution in [-0.2, 0) is 4.79 Å². The highest BCUT2D eigenvalue weighted by atomic mass is 32.1. The molecule has 13 nitrogen and oxygen atoms in total. The largest absolute Gasteiger partial charge is 0.497 e. The number of phenols is 1. The molecule has 0 saturated carbocycles.